The molecule has 0 N–H and O–H groups in total. The summed E-state index contributed by atoms with van der Waals surface area (Å²) in [5.41, 5.74) is 1.34. The van der Waals surface area contributed by atoms with E-state index in [4.69, 9.17) is 4.74 Å². The van der Waals surface area contributed by atoms with Crippen LogP contribution in [0.25, 0.3) is 0 Å². The molecule has 0 bridgehead atoms. The predicted molar refractivity (Wildman–Crippen MR) is 81.3 cm³/mol. The summed E-state index contributed by atoms with van der Waals surface area (Å²) in [6, 6.07) is 10.6. The van der Waals surface area contributed by atoms with Crippen LogP contribution in [-0.4, -0.2) is 12.7 Å². The van der Waals surface area contributed by atoms with Gasteiger partial charge in [0, 0.05) is 12.5 Å². The first kappa shape index (κ1) is 14.1. The van der Waals surface area contributed by atoms with Crippen molar-refractivity contribution in [2.45, 2.75) is 44.6 Å². The summed E-state index contributed by atoms with van der Waals surface area (Å²) in [6.45, 7) is 3.10. The Morgan fingerprint density at radius 2 is 1.63 bits per heavy atom. The van der Waals surface area contributed by atoms with E-state index in [-0.39, 0.29) is 6.10 Å². The summed E-state index contributed by atoms with van der Waals surface area (Å²) < 4.78 is 5.84. The monoisotopic (exact) mass is 256 g/mol. The first-order chi connectivity index (χ1) is 9.40. The molecule has 1 aromatic carbocycles. The molecule has 1 aliphatic rings. The molecule has 1 aromatic rings. The minimum Gasteiger partial charge on any atom is -0.370 e. The van der Waals surface area contributed by atoms with Crippen molar-refractivity contribution in [3.05, 3.63) is 60.2 Å². The zero-order chi connectivity index (χ0) is 13.3. The van der Waals surface area contributed by atoms with E-state index in [2.05, 4.69) is 61.6 Å². The van der Waals surface area contributed by atoms with Gasteiger partial charge >= 0.3 is 0 Å². The molecular formula is C18H24O. The molecule has 19 heavy (non-hydrogen) atoms. The van der Waals surface area contributed by atoms with Gasteiger partial charge in [-0.1, -0.05) is 80.8 Å². The lowest BCUT2D eigenvalue weighted by Gasteiger charge is -2.17. The van der Waals surface area contributed by atoms with E-state index < -0.39 is 0 Å². The number of ether oxygens (including phenoxy) is 1. The Kier molecular flexibility index (Phi) is 5.90. The summed E-state index contributed by atoms with van der Waals surface area (Å²) in [6.07, 6.45) is 14.1. The summed E-state index contributed by atoms with van der Waals surface area (Å²) in [4.78, 5) is 0. The second kappa shape index (κ2) is 7.96. The number of unbranched alkanes of at least 4 members (excludes halogenated alkanes) is 3. The van der Waals surface area contributed by atoms with Gasteiger partial charge in [-0.25, -0.2) is 0 Å². The van der Waals surface area contributed by atoms with Gasteiger partial charge in [-0.05, 0) is 12.0 Å². The molecule has 0 unspecified atom stereocenters. The third-order valence-electron chi connectivity index (χ3n) is 3.51. The minimum atomic E-state index is 0.168. The first-order valence-electron chi connectivity index (χ1n) is 7.43. The highest BCUT2D eigenvalue weighted by atomic mass is 16.5. The molecule has 2 rings (SSSR count). The lowest BCUT2D eigenvalue weighted by molar-refractivity contribution is 0.110. The average Bonchev–Trinajstić information content (AvgIpc) is 2.49. The summed E-state index contributed by atoms with van der Waals surface area (Å²) in [5.74, 6) is 0.404. The molecule has 0 amide bonds. The fourth-order valence-corrected chi connectivity index (χ4v) is 2.34. The maximum absolute atomic E-state index is 5.84. The molecule has 1 heteroatoms. The van der Waals surface area contributed by atoms with Crippen LogP contribution in [0.3, 0.4) is 0 Å². The summed E-state index contributed by atoms with van der Waals surface area (Å²) in [5, 5.41) is 0. The van der Waals surface area contributed by atoms with Crippen molar-refractivity contribution in [2.24, 2.45) is 0 Å². The zero-order valence-electron chi connectivity index (χ0n) is 11.8. The minimum absolute atomic E-state index is 0.168. The highest BCUT2D eigenvalue weighted by Crippen LogP contribution is 2.23. The van der Waals surface area contributed by atoms with Crippen molar-refractivity contribution >= 4 is 0 Å². The average molecular weight is 256 g/mol. The molecule has 0 fully saturated rings. The van der Waals surface area contributed by atoms with Gasteiger partial charge in [-0.2, -0.15) is 0 Å². The van der Waals surface area contributed by atoms with Crippen molar-refractivity contribution in [1.82, 2.24) is 0 Å². The van der Waals surface area contributed by atoms with Gasteiger partial charge in [0.2, 0.25) is 0 Å². The maximum atomic E-state index is 5.84. The van der Waals surface area contributed by atoms with Crippen LogP contribution in [0.4, 0.5) is 0 Å². The molecule has 0 spiro atoms. The van der Waals surface area contributed by atoms with E-state index >= 15 is 0 Å². The van der Waals surface area contributed by atoms with Crippen molar-refractivity contribution in [2.75, 3.05) is 6.61 Å². The Hall–Kier alpha value is -1.34. The Balaban J connectivity index is 1.73. The lowest BCUT2D eigenvalue weighted by atomic mass is 9.94. The Morgan fingerprint density at radius 1 is 0.895 bits per heavy atom. The fourth-order valence-electron chi connectivity index (χ4n) is 2.34. The van der Waals surface area contributed by atoms with Crippen LogP contribution in [0.1, 0.15) is 44.1 Å². The fraction of sp³-hybridized carbons (Fsp3) is 0.444. The molecule has 102 valence electrons. The lowest BCUT2D eigenvalue weighted by Crippen LogP contribution is -2.11. The number of hydrogen-bond acceptors (Lipinski definition) is 1. The Labute approximate surface area is 117 Å². The quantitative estimate of drug-likeness (QED) is 0.500. The van der Waals surface area contributed by atoms with Crippen LogP contribution in [0.2, 0.25) is 0 Å². The highest BCUT2D eigenvalue weighted by molar-refractivity contribution is 5.32. The van der Waals surface area contributed by atoms with E-state index in [1.807, 2.05) is 0 Å². The molecule has 0 aliphatic heterocycles. The largest absolute Gasteiger partial charge is 0.370 e. The third kappa shape index (κ3) is 4.68. The van der Waals surface area contributed by atoms with E-state index in [0.717, 1.165) is 6.61 Å². The van der Waals surface area contributed by atoms with Crippen LogP contribution < -0.4 is 0 Å². The van der Waals surface area contributed by atoms with Crippen LogP contribution in [-0.2, 0) is 4.74 Å². The molecule has 0 radical (unpaired) electrons. The normalized spacial score (nSPS) is 21.7. The standard InChI is InChI=1S/C18H24O/c1-2-3-4-8-15-19-18-13-11-17(12-14-18)16-9-6-5-7-10-16/h5-7,9-14,17-18H,2-4,8,15H2,1H3. The summed E-state index contributed by atoms with van der Waals surface area (Å²) in [7, 11) is 0. The number of allylic oxidation sites excluding steroid dienone is 2. The topological polar surface area (TPSA) is 9.23 Å². The maximum Gasteiger partial charge on any atom is 0.0938 e. The predicted octanol–water partition coefficient (Wildman–Crippen LogP) is 4.86. The van der Waals surface area contributed by atoms with E-state index in [1.54, 1.807) is 0 Å². The van der Waals surface area contributed by atoms with E-state index in [9.17, 15) is 0 Å². The number of benzene rings is 1. The first-order valence-corrected chi connectivity index (χ1v) is 7.43. The second-order valence-corrected chi connectivity index (χ2v) is 5.10. The number of hydrogen-bond donors (Lipinski definition) is 0. The van der Waals surface area contributed by atoms with Gasteiger partial charge in [0.25, 0.3) is 0 Å². The highest BCUT2D eigenvalue weighted by Gasteiger charge is 2.10. The van der Waals surface area contributed by atoms with Crippen LogP contribution in [0.15, 0.2) is 54.6 Å². The van der Waals surface area contributed by atoms with Crippen molar-refractivity contribution < 1.29 is 4.74 Å². The molecule has 0 saturated carbocycles. The molecule has 1 aliphatic carbocycles. The van der Waals surface area contributed by atoms with Crippen LogP contribution >= 0.6 is 0 Å². The molecule has 0 heterocycles. The third-order valence-corrected chi connectivity index (χ3v) is 3.51. The smallest absolute Gasteiger partial charge is 0.0938 e. The molecule has 0 saturated heterocycles. The van der Waals surface area contributed by atoms with Gasteiger partial charge in [0.1, 0.15) is 0 Å². The molecule has 1 nitrogen and oxygen atoms in total. The SMILES string of the molecule is CCCCCCOC1C=CC(c2ccccc2)C=C1. The van der Waals surface area contributed by atoms with Crippen molar-refractivity contribution in [3.63, 3.8) is 0 Å². The molecule has 0 atom stereocenters. The van der Waals surface area contributed by atoms with Gasteiger partial charge in [-0.15, -0.1) is 0 Å². The van der Waals surface area contributed by atoms with E-state index in [0.29, 0.717) is 5.92 Å². The molecular weight excluding hydrogens is 232 g/mol. The van der Waals surface area contributed by atoms with Crippen molar-refractivity contribution in [1.29, 1.82) is 0 Å². The van der Waals surface area contributed by atoms with Gasteiger partial charge in [0.05, 0.1) is 6.10 Å². The Morgan fingerprint density at radius 3 is 2.32 bits per heavy atom. The van der Waals surface area contributed by atoms with Gasteiger partial charge in [-0.3, -0.25) is 0 Å². The number of rotatable bonds is 7. The van der Waals surface area contributed by atoms with Gasteiger partial charge in [0.15, 0.2) is 0 Å². The zero-order valence-corrected chi connectivity index (χ0v) is 11.8. The van der Waals surface area contributed by atoms with Gasteiger partial charge < -0.3 is 4.74 Å². The van der Waals surface area contributed by atoms with Crippen LogP contribution in [0, 0.1) is 0 Å². The van der Waals surface area contributed by atoms with Crippen molar-refractivity contribution in [3.8, 4) is 0 Å². The van der Waals surface area contributed by atoms with Crippen LogP contribution in [0.5, 0.6) is 0 Å². The molecule has 0 aromatic heterocycles. The Bertz CT molecular complexity index is 391. The second-order valence-electron chi connectivity index (χ2n) is 5.10. The summed E-state index contributed by atoms with van der Waals surface area (Å²) >= 11 is 0. The van der Waals surface area contributed by atoms with E-state index in [1.165, 1.54) is 31.2 Å².